The largest absolute Gasteiger partial charge is 0.353 e. The molecule has 2 amide bonds. The number of aryl methyl sites for hydroxylation is 1. The maximum Gasteiger partial charge on any atom is 0.242 e. The van der Waals surface area contributed by atoms with E-state index in [4.69, 9.17) is 0 Å². The Balaban J connectivity index is 1.98. The highest BCUT2D eigenvalue weighted by atomic mass is 16.2. The van der Waals surface area contributed by atoms with Gasteiger partial charge in [0.25, 0.3) is 0 Å². The number of carbonyl (C=O) groups is 2. The lowest BCUT2D eigenvalue weighted by Crippen LogP contribution is -2.51. The fraction of sp³-hybridized carbons (Fsp3) is 0.647. The minimum Gasteiger partial charge on any atom is -0.353 e. The molecular formula is C17H27N5O2. The van der Waals surface area contributed by atoms with Crippen LogP contribution in [0.5, 0.6) is 0 Å². The SMILES string of the molecule is CC(=O)N(C)CC(=O)N1CCN(c2cc(C)nc(C(C)C)n2)CC1. The van der Waals surface area contributed by atoms with Crippen molar-refractivity contribution in [3.63, 3.8) is 0 Å². The van der Waals surface area contributed by atoms with Crippen LogP contribution >= 0.6 is 0 Å². The molecule has 2 heterocycles. The second-order valence-electron chi connectivity index (χ2n) is 6.62. The van der Waals surface area contributed by atoms with Gasteiger partial charge in [-0.15, -0.1) is 0 Å². The Bertz CT molecular complexity index is 609. The second kappa shape index (κ2) is 7.59. The Morgan fingerprint density at radius 1 is 1.21 bits per heavy atom. The molecule has 0 aliphatic carbocycles. The molecule has 24 heavy (non-hydrogen) atoms. The van der Waals surface area contributed by atoms with Crippen molar-refractivity contribution in [1.29, 1.82) is 0 Å². The van der Waals surface area contributed by atoms with Gasteiger partial charge in [-0.2, -0.15) is 0 Å². The molecule has 7 nitrogen and oxygen atoms in total. The molecule has 7 heteroatoms. The number of likely N-dealkylation sites (N-methyl/N-ethyl adjacent to an activating group) is 1. The van der Waals surface area contributed by atoms with Gasteiger partial charge in [-0.25, -0.2) is 9.97 Å². The first kappa shape index (κ1) is 18.2. The molecule has 132 valence electrons. The molecule has 0 N–H and O–H groups in total. The second-order valence-corrected chi connectivity index (χ2v) is 6.62. The van der Waals surface area contributed by atoms with E-state index in [0.29, 0.717) is 13.1 Å². The van der Waals surface area contributed by atoms with Gasteiger partial charge in [-0.05, 0) is 6.92 Å². The molecule has 0 unspecified atom stereocenters. The number of aromatic nitrogens is 2. The topological polar surface area (TPSA) is 69.6 Å². The Kier molecular flexibility index (Phi) is 5.75. The summed E-state index contributed by atoms with van der Waals surface area (Å²) in [5.41, 5.74) is 0.963. The highest BCUT2D eigenvalue weighted by molar-refractivity contribution is 5.83. The van der Waals surface area contributed by atoms with Crippen molar-refractivity contribution in [3.8, 4) is 0 Å². The lowest BCUT2D eigenvalue weighted by Gasteiger charge is -2.36. The molecule has 0 spiro atoms. The average molecular weight is 333 g/mol. The first-order valence-electron chi connectivity index (χ1n) is 8.38. The molecular weight excluding hydrogens is 306 g/mol. The van der Waals surface area contributed by atoms with Gasteiger partial charge >= 0.3 is 0 Å². The van der Waals surface area contributed by atoms with Crippen molar-refractivity contribution in [2.75, 3.05) is 44.7 Å². The van der Waals surface area contributed by atoms with Crippen LogP contribution in [0.1, 0.15) is 38.2 Å². The fourth-order valence-electron chi connectivity index (χ4n) is 2.59. The van der Waals surface area contributed by atoms with E-state index in [1.54, 1.807) is 7.05 Å². The van der Waals surface area contributed by atoms with Gasteiger partial charge in [0.15, 0.2) is 0 Å². The molecule has 1 aromatic rings. The third kappa shape index (κ3) is 4.43. The Labute approximate surface area is 143 Å². The van der Waals surface area contributed by atoms with E-state index in [1.165, 1.54) is 11.8 Å². The summed E-state index contributed by atoms with van der Waals surface area (Å²) in [7, 11) is 1.65. The number of hydrogen-bond acceptors (Lipinski definition) is 5. The van der Waals surface area contributed by atoms with Crippen molar-refractivity contribution >= 4 is 17.6 Å². The summed E-state index contributed by atoms with van der Waals surface area (Å²) in [6.07, 6.45) is 0. The van der Waals surface area contributed by atoms with E-state index >= 15 is 0 Å². The van der Waals surface area contributed by atoms with Crippen LogP contribution in [0.3, 0.4) is 0 Å². The van der Waals surface area contributed by atoms with Gasteiger partial charge in [0.1, 0.15) is 11.6 Å². The Morgan fingerprint density at radius 2 is 1.83 bits per heavy atom. The van der Waals surface area contributed by atoms with Crippen LogP contribution in [0.25, 0.3) is 0 Å². The van der Waals surface area contributed by atoms with Crippen LogP contribution in [0.15, 0.2) is 6.07 Å². The van der Waals surface area contributed by atoms with Gasteiger partial charge in [0.2, 0.25) is 11.8 Å². The number of piperazine rings is 1. The van der Waals surface area contributed by atoms with E-state index in [2.05, 4.69) is 28.7 Å². The van der Waals surface area contributed by atoms with Gasteiger partial charge in [-0.1, -0.05) is 13.8 Å². The third-order valence-electron chi connectivity index (χ3n) is 4.24. The zero-order valence-electron chi connectivity index (χ0n) is 15.2. The van der Waals surface area contributed by atoms with Crippen LogP contribution < -0.4 is 4.90 Å². The number of anilines is 1. The van der Waals surface area contributed by atoms with Crippen molar-refractivity contribution < 1.29 is 9.59 Å². The van der Waals surface area contributed by atoms with Crippen LogP contribution in [0, 0.1) is 6.92 Å². The predicted octanol–water partition coefficient (Wildman–Crippen LogP) is 1.04. The number of nitrogens with zero attached hydrogens (tertiary/aromatic N) is 5. The molecule has 0 aromatic carbocycles. The summed E-state index contributed by atoms with van der Waals surface area (Å²) in [4.78, 5) is 38.1. The summed E-state index contributed by atoms with van der Waals surface area (Å²) in [5.74, 6) is 1.97. The molecule has 2 rings (SSSR count). The molecule has 0 radical (unpaired) electrons. The molecule has 0 atom stereocenters. The first-order chi connectivity index (χ1) is 11.3. The summed E-state index contributed by atoms with van der Waals surface area (Å²) < 4.78 is 0. The Morgan fingerprint density at radius 3 is 2.38 bits per heavy atom. The van der Waals surface area contributed by atoms with Crippen LogP contribution in [0.4, 0.5) is 5.82 Å². The van der Waals surface area contributed by atoms with Crippen molar-refractivity contribution in [1.82, 2.24) is 19.8 Å². The monoisotopic (exact) mass is 333 g/mol. The molecule has 0 bridgehead atoms. The zero-order valence-corrected chi connectivity index (χ0v) is 15.2. The van der Waals surface area contributed by atoms with Gasteiger partial charge in [0, 0.05) is 57.8 Å². The van der Waals surface area contributed by atoms with Crippen molar-refractivity contribution in [2.24, 2.45) is 0 Å². The van der Waals surface area contributed by atoms with Crippen molar-refractivity contribution in [3.05, 3.63) is 17.6 Å². The van der Waals surface area contributed by atoms with E-state index in [9.17, 15) is 9.59 Å². The normalized spacial score (nSPS) is 14.9. The molecule has 1 aliphatic heterocycles. The average Bonchev–Trinajstić information content (AvgIpc) is 2.54. The summed E-state index contributed by atoms with van der Waals surface area (Å²) in [6, 6.07) is 1.99. The van der Waals surface area contributed by atoms with Gasteiger partial charge in [-0.3, -0.25) is 9.59 Å². The molecule has 1 saturated heterocycles. The summed E-state index contributed by atoms with van der Waals surface area (Å²) in [6.45, 7) is 10.5. The van der Waals surface area contributed by atoms with Gasteiger partial charge in [0.05, 0.1) is 6.54 Å². The first-order valence-corrected chi connectivity index (χ1v) is 8.38. The van der Waals surface area contributed by atoms with E-state index in [-0.39, 0.29) is 24.3 Å². The maximum atomic E-state index is 12.2. The van der Waals surface area contributed by atoms with E-state index in [1.807, 2.05) is 17.9 Å². The van der Waals surface area contributed by atoms with Crippen LogP contribution in [0.2, 0.25) is 0 Å². The zero-order chi connectivity index (χ0) is 17.9. The van der Waals surface area contributed by atoms with Crippen LogP contribution in [-0.4, -0.2) is 71.4 Å². The van der Waals surface area contributed by atoms with E-state index < -0.39 is 0 Å². The maximum absolute atomic E-state index is 12.2. The molecule has 0 saturated carbocycles. The number of amides is 2. The molecule has 1 fully saturated rings. The molecule has 1 aromatic heterocycles. The molecule has 1 aliphatic rings. The van der Waals surface area contributed by atoms with Crippen LogP contribution in [-0.2, 0) is 9.59 Å². The standard InChI is InChI=1S/C17H27N5O2/c1-12(2)17-18-13(3)10-15(19-17)21-6-8-22(9-7-21)16(24)11-20(5)14(4)23/h10,12H,6-9,11H2,1-5H3. The Hall–Kier alpha value is -2.18. The highest BCUT2D eigenvalue weighted by Gasteiger charge is 2.23. The quantitative estimate of drug-likeness (QED) is 0.823. The predicted molar refractivity (Wildman–Crippen MR) is 93.0 cm³/mol. The number of carbonyl (C=O) groups excluding carboxylic acids is 2. The fourth-order valence-corrected chi connectivity index (χ4v) is 2.59. The van der Waals surface area contributed by atoms with E-state index in [0.717, 1.165) is 30.4 Å². The van der Waals surface area contributed by atoms with Gasteiger partial charge < -0.3 is 14.7 Å². The number of hydrogen-bond donors (Lipinski definition) is 0. The lowest BCUT2D eigenvalue weighted by molar-refractivity contribution is -0.138. The minimum atomic E-state index is -0.0975. The van der Waals surface area contributed by atoms with Crippen molar-refractivity contribution in [2.45, 2.75) is 33.6 Å². The third-order valence-corrected chi connectivity index (χ3v) is 4.24. The summed E-state index contributed by atoms with van der Waals surface area (Å²) in [5, 5.41) is 0. The smallest absolute Gasteiger partial charge is 0.242 e. The summed E-state index contributed by atoms with van der Waals surface area (Å²) >= 11 is 0. The number of rotatable bonds is 4. The minimum absolute atomic E-state index is 0.00547. The lowest BCUT2D eigenvalue weighted by atomic mass is 10.2. The highest BCUT2D eigenvalue weighted by Crippen LogP contribution is 2.18.